The Morgan fingerprint density at radius 2 is 2.07 bits per heavy atom. The van der Waals surface area contributed by atoms with Crippen molar-refractivity contribution >= 4 is 21.6 Å². The van der Waals surface area contributed by atoms with Gasteiger partial charge in [0, 0.05) is 36.3 Å². The van der Waals surface area contributed by atoms with Gasteiger partial charge in [0.15, 0.2) is 0 Å². The van der Waals surface area contributed by atoms with Crippen LogP contribution in [0.5, 0.6) is 0 Å². The van der Waals surface area contributed by atoms with Gasteiger partial charge >= 0.3 is 0 Å². The van der Waals surface area contributed by atoms with Crippen LogP contribution in [-0.2, 0) is 6.61 Å². The standard InChI is InChI=1S/C11H15BrN2O/c12-11-7-10(2-1-9(11)8-15)14-5-3-13-4-6-14/h1-2,7,13,15H,3-6,8H2. The van der Waals surface area contributed by atoms with Crippen LogP contribution in [0.1, 0.15) is 5.56 Å². The Hall–Kier alpha value is -0.580. The quantitative estimate of drug-likeness (QED) is 0.852. The summed E-state index contributed by atoms with van der Waals surface area (Å²) in [6.45, 7) is 4.26. The number of halogens is 1. The summed E-state index contributed by atoms with van der Waals surface area (Å²) in [5.41, 5.74) is 2.16. The normalized spacial score (nSPS) is 16.8. The van der Waals surface area contributed by atoms with E-state index in [0.29, 0.717) is 0 Å². The van der Waals surface area contributed by atoms with E-state index in [0.717, 1.165) is 36.2 Å². The van der Waals surface area contributed by atoms with Gasteiger partial charge in [-0.25, -0.2) is 0 Å². The molecule has 1 saturated heterocycles. The van der Waals surface area contributed by atoms with Crippen molar-refractivity contribution in [1.29, 1.82) is 0 Å². The number of aliphatic hydroxyl groups is 1. The van der Waals surface area contributed by atoms with Gasteiger partial charge in [-0.05, 0) is 17.7 Å². The molecule has 1 fully saturated rings. The SMILES string of the molecule is OCc1ccc(N2CCNCC2)cc1Br. The summed E-state index contributed by atoms with van der Waals surface area (Å²) in [5.74, 6) is 0. The number of nitrogens with one attached hydrogen (secondary N) is 1. The van der Waals surface area contributed by atoms with Gasteiger partial charge in [-0.15, -0.1) is 0 Å². The molecule has 82 valence electrons. The largest absolute Gasteiger partial charge is 0.392 e. The zero-order valence-corrected chi connectivity index (χ0v) is 10.1. The number of aliphatic hydroxyl groups excluding tert-OH is 1. The highest BCUT2D eigenvalue weighted by atomic mass is 79.9. The first-order valence-electron chi connectivity index (χ1n) is 5.16. The topological polar surface area (TPSA) is 35.5 Å². The van der Waals surface area contributed by atoms with E-state index < -0.39 is 0 Å². The molecule has 1 aliphatic heterocycles. The lowest BCUT2D eigenvalue weighted by Crippen LogP contribution is -2.43. The van der Waals surface area contributed by atoms with E-state index in [2.05, 4.69) is 38.3 Å². The molecule has 0 spiro atoms. The van der Waals surface area contributed by atoms with E-state index in [1.807, 2.05) is 6.07 Å². The molecule has 15 heavy (non-hydrogen) atoms. The second-order valence-electron chi connectivity index (χ2n) is 3.67. The highest BCUT2D eigenvalue weighted by Gasteiger charge is 2.11. The predicted molar refractivity (Wildman–Crippen MR) is 65.1 cm³/mol. The molecule has 1 aromatic carbocycles. The van der Waals surface area contributed by atoms with Crippen molar-refractivity contribution in [2.24, 2.45) is 0 Å². The Morgan fingerprint density at radius 3 is 2.67 bits per heavy atom. The molecule has 2 N–H and O–H groups in total. The first-order chi connectivity index (χ1) is 7.31. The highest BCUT2D eigenvalue weighted by Crippen LogP contribution is 2.24. The summed E-state index contributed by atoms with van der Waals surface area (Å²) >= 11 is 3.47. The molecule has 0 radical (unpaired) electrons. The van der Waals surface area contributed by atoms with Gasteiger partial charge in [-0.2, -0.15) is 0 Å². The molecule has 0 atom stereocenters. The maximum Gasteiger partial charge on any atom is 0.0692 e. The Balaban J connectivity index is 2.17. The van der Waals surface area contributed by atoms with E-state index >= 15 is 0 Å². The maximum absolute atomic E-state index is 9.07. The number of benzene rings is 1. The van der Waals surface area contributed by atoms with E-state index in [1.54, 1.807) is 0 Å². The van der Waals surface area contributed by atoms with Crippen molar-refractivity contribution in [1.82, 2.24) is 5.32 Å². The van der Waals surface area contributed by atoms with Gasteiger partial charge < -0.3 is 15.3 Å². The van der Waals surface area contributed by atoms with E-state index in [4.69, 9.17) is 5.11 Å². The molecule has 1 aliphatic rings. The van der Waals surface area contributed by atoms with Crippen molar-refractivity contribution in [3.05, 3.63) is 28.2 Å². The third-order valence-electron chi connectivity index (χ3n) is 2.69. The molecule has 0 bridgehead atoms. The zero-order chi connectivity index (χ0) is 10.7. The van der Waals surface area contributed by atoms with E-state index in [1.165, 1.54) is 5.69 Å². The van der Waals surface area contributed by atoms with Crippen LogP contribution in [0.4, 0.5) is 5.69 Å². The first kappa shape index (κ1) is 10.9. The van der Waals surface area contributed by atoms with Crippen molar-refractivity contribution < 1.29 is 5.11 Å². The molecule has 0 unspecified atom stereocenters. The number of rotatable bonds is 2. The number of hydrogen-bond acceptors (Lipinski definition) is 3. The monoisotopic (exact) mass is 270 g/mol. The van der Waals surface area contributed by atoms with Gasteiger partial charge in [-0.1, -0.05) is 22.0 Å². The molecule has 0 saturated carbocycles. The summed E-state index contributed by atoms with van der Waals surface area (Å²) in [5, 5.41) is 12.4. The summed E-state index contributed by atoms with van der Waals surface area (Å²) in [7, 11) is 0. The Kier molecular flexibility index (Phi) is 3.61. The van der Waals surface area contributed by atoms with Crippen LogP contribution < -0.4 is 10.2 Å². The Labute approximate surface area is 98.2 Å². The average Bonchev–Trinajstić information content (AvgIpc) is 2.30. The molecule has 0 aromatic heterocycles. The minimum absolute atomic E-state index is 0.0857. The van der Waals surface area contributed by atoms with Gasteiger partial charge in [-0.3, -0.25) is 0 Å². The average molecular weight is 271 g/mol. The van der Waals surface area contributed by atoms with Crippen LogP contribution in [-0.4, -0.2) is 31.3 Å². The number of anilines is 1. The number of hydrogen-bond donors (Lipinski definition) is 2. The molecule has 0 aliphatic carbocycles. The van der Waals surface area contributed by atoms with Crippen LogP contribution in [0.3, 0.4) is 0 Å². The lowest BCUT2D eigenvalue weighted by Gasteiger charge is -2.29. The molecule has 2 rings (SSSR count). The number of piperazine rings is 1. The van der Waals surface area contributed by atoms with Gasteiger partial charge in [0.2, 0.25) is 0 Å². The van der Waals surface area contributed by atoms with Crippen molar-refractivity contribution in [2.45, 2.75) is 6.61 Å². The highest BCUT2D eigenvalue weighted by molar-refractivity contribution is 9.10. The summed E-state index contributed by atoms with van der Waals surface area (Å²) in [6, 6.07) is 6.12. The fourth-order valence-corrected chi connectivity index (χ4v) is 2.28. The third-order valence-corrected chi connectivity index (χ3v) is 3.43. The fraction of sp³-hybridized carbons (Fsp3) is 0.455. The Morgan fingerprint density at radius 1 is 1.33 bits per heavy atom. The molecular weight excluding hydrogens is 256 g/mol. The van der Waals surface area contributed by atoms with Crippen molar-refractivity contribution in [2.75, 3.05) is 31.1 Å². The molecule has 1 heterocycles. The van der Waals surface area contributed by atoms with Crippen molar-refractivity contribution in [3.63, 3.8) is 0 Å². The zero-order valence-electron chi connectivity index (χ0n) is 8.54. The van der Waals surface area contributed by atoms with Crippen LogP contribution in [0.15, 0.2) is 22.7 Å². The summed E-state index contributed by atoms with van der Waals surface area (Å²) < 4.78 is 0.987. The molecular formula is C11H15BrN2O. The summed E-state index contributed by atoms with van der Waals surface area (Å²) in [6.07, 6.45) is 0. The lowest BCUT2D eigenvalue weighted by atomic mass is 10.2. The van der Waals surface area contributed by atoms with Crippen LogP contribution >= 0.6 is 15.9 Å². The predicted octanol–water partition coefficient (Wildman–Crippen LogP) is 1.35. The minimum Gasteiger partial charge on any atom is -0.392 e. The maximum atomic E-state index is 9.07. The van der Waals surface area contributed by atoms with E-state index in [9.17, 15) is 0 Å². The molecule has 1 aromatic rings. The van der Waals surface area contributed by atoms with Crippen molar-refractivity contribution in [3.8, 4) is 0 Å². The van der Waals surface area contributed by atoms with Gasteiger partial charge in [0.05, 0.1) is 6.61 Å². The van der Waals surface area contributed by atoms with Crippen LogP contribution in [0, 0.1) is 0 Å². The van der Waals surface area contributed by atoms with Crippen LogP contribution in [0.2, 0.25) is 0 Å². The fourth-order valence-electron chi connectivity index (χ4n) is 1.78. The smallest absolute Gasteiger partial charge is 0.0692 e. The van der Waals surface area contributed by atoms with Gasteiger partial charge in [0.25, 0.3) is 0 Å². The second kappa shape index (κ2) is 4.96. The minimum atomic E-state index is 0.0857. The lowest BCUT2D eigenvalue weighted by molar-refractivity contribution is 0.281. The molecule has 3 nitrogen and oxygen atoms in total. The molecule has 0 amide bonds. The summed E-state index contributed by atoms with van der Waals surface area (Å²) in [4.78, 5) is 2.35. The Bertz CT molecular complexity index is 337. The number of nitrogens with zero attached hydrogens (tertiary/aromatic N) is 1. The second-order valence-corrected chi connectivity index (χ2v) is 4.53. The van der Waals surface area contributed by atoms with Gasteiger partial charge in [0.1, 0.15) is 0 Å². The molecule has 4 heteroatoms. The van der Waals surface area contributed by atoms with Crippen LogP contribution in [0.25, 0.3) is 0 Å². The third kappa shape index (κ3) is 2.51. The van der Waals surface area contributed by atoms with E-state index in [-0.39, 0.29) is 6.61 Å². The first-order valence-corrected chi connectivity index (χ1v) is 5.95.